The highest BCUT2D eigenvalue weighted by atomic mass is 16.7. The maximum atomic E-state index is 13.5. The van der Waals surface area contributed by atoms with Gasteiger partial charge >= 0.3 is 0 Å². The molecule has 0 saturated carbocycles. The molecule has 0 unspecified atom stereocenters. The largest absolute Gasteiger partial charge is 0.394 e. The number of aliphatic hydroxyl groups excluding tert-OH is 6. The van der Waals surface area contributed by atoms with Gasteiger partial charge in [-0.3, -0.25) is 4.79 Å². The van der Waals surface area contributed by atoms with E-state index in [0.29, 0.717) is 12.8 Å². The zero-order chi connectivity index (χ0) is 39.7. The van der Waals surface area contributed by atoms with E-state index in [1.807, 2.05) is 6.08 Å². The van der Waals surface area contributed by atoms with E-state index < -0.39 is 61.2 Å². The average molecular weight is 771 g/mol. The fourth-order valence-electron chi connectivity index (χ4n) is 7.50. The molecule has 0 aliphatic carbocycles. The molecular weight excluding hydrogens is 684 g/mol. The van der Waals surface area contributed by atoms with Gasteiger partial charge in [0.1, 0.15) is 30.5 Å². The number of ketones is 1. The molecule has 0 amide bonds. The van der Waals surface area contributed by atoms with E-state index in [4.69, 9.17) is 9.47 Å². The van der Waals surface area contributed by atoms with Gasteiger partial charge in [0.05, 0.1) is 25.2 Å². The fraction of sp³-hybridized carbons (Fsp3) is 0.933. The third-order valence-corrected chi connectivity index (χ3v) is 11.3. The van der Waals surface area contributed by atoms with Gasteiger partial charge in [-0.1, -0.05) is 199 Å². The smallest absolute Gasteiger partial charge is 0.186 e. The SMILES string of the molecule is CCCCCCCCCCCC/C=C/[C@@H](O)[C@H](CO[C@@H]1O[C@H](CO)[C@H](O)[C@H](O)[C@H]1O)C(=O)[C@H](O)CCCCCCCCCCCCCCCCCCCC. The summed E-state index contributed by atoms with van der Waals surface area (Å²) in [6.45, 7) is 3.52. The summed E-state index contributed by atoms with van der Waals surface area (Å²) in [6, 6.07) is 0. The van der Waals surface area contributed by atoms with E-state index in [2.05, 4.69) is 13.8 Å². The molecule has 1 fully saturated rings. The number of Topliss-reactive ketones (excluding diaryl/α,β-unsaturated/α-hetero) is 1. The van der Waals surface area contributed by atoms with Crippen molar-refractivity contribution in [2.45, 2.75) is 249 Å². The molecular formula is C45H86O9. The molecule has 8 atom stereocenters. The van der Waals surface area contributed by atoms with Crippen LogP contribution in [0, 0.1) is 5.92 Å². The molecule has 6 N–H and O–H groups in total. The number of hydrogen-bond donors (Lipinski definition) is 6. The number of carbonyl (C=O) groups is 1. The summed E-state index contributed by atoms with van der Waals surface area (Å²) in [5.74, 6) is -1.66. The lowest BCUT2D eigenvalue weighted by atomic mass is 9.91. The highest BCUT2D eigenvalue weighted by Gasteiger charge is 2.44. The van der Waals surface area contributed by atoms with Crippen LogP contribution in [0.25, 0.3) is 0 Å². The molecule has 0 spiro atoms. The molecule has 54 heavy (non-hydrogen) atoms. The van der Waals surface area contributed by atoms with Crippen molar-refractivity contribution in [2.24, 2.45) is 5.92 Å². The summed E-state index contributed by atoms with van der Waals surface area (Å²) in [5.41, 5.74) is 0. The van der Waals surface area contributed by atoms with Crippen LogP contribution in [0.5, 0.6) is 0 Å². The van der Waals surface area contributed by atoms with Gasteiger partial charge in [0.15, 0.2) is 12.1 Å². The van der Waals surface area contributed by atoms with Crippen molar-refractivity contribution in [3.8, 4) is 0 Å². The lowest BCUT2D eigenvalue weighted by Gasteiger charge is -2.40. The molecule has 0 bridgehead atoms. The van der Waals surface area contributed by atoms with Gasteiger partial charge < -0.3 is 40.1 Å². The van der Waals surface area contributed by atoms with Crippen molar-refractivity contribution >= 4 is 5.78 Å². The Balaban J connectivity index is 2.41. The first-order valence-electron chi connectivity index (χ1n) is 22.8. The van der Waals surface area contributed by atoms with Crippen molar-refractivity contribution in [3.63, 3.8) is 0 Å². The second-order valence-electron chi connectivity index (χ2n) is 16.2. The number of ether oxygens (including phenoxy) is 2. The molecule has 1 rings (SSSR count). The minimum Gasteiger partial charge on any atom is -0.394 e. The van der Waals surface area contributed by atoms with Crippen LogP contribution in [0.2, 0.25) is 0 Å². The van der Waals surface area contributed by atoms with Gasteiger partial charge in [-0.25, -0.2) is 0 Å². The number of aliphatic hydroxyl groups is 6. The third kappa shape index (κ3) is 24.7. The molecule has 1 aliphatic heterocycles. The van der Waals surface area contributed by atoms with Gasteiger partial charge in [-0.05, 0) is 19.3 Å². The zero-order valence-corrected chi connectivity index (χ0v) is 34.8. The Bertz CT molecular complexity index is 868. The van der Waals surface area contributed by atoms with Crippen LogP contribution in [0.1, 0.15) is 206 Å². The lowest BCUT2D eigenvalue weighted by Crippen LogP contribution is -2.59. The van der Waals surface area contributed by atoms with Crippen LogP contribution < -0.4 is 0 Å². The van der Waals surface area contributed by atoms with Crippen molar-refractivity contribution in [1.82, 2.24) is 0 Å². The first-order valence-corrected chi connectivity index (χ1v) is 22.8. The van der Waals surface area contributed by atoms with E-state index >= 15 is 0 Å². The first-order chi connectivity index (χ1) is 26.3. The average Bonchev–Trinajstić information content (AvgIpc) is 3.17. The van der Waals surface area contributed by atoms with Gasteiger partial charge in [0.2, 0.25) is 0 Å². The topological polar surface area (TPSA) is 157 Å². The van der Waals surface area contributed by atoms with Gasteiger partial charge in [0.25, 0.3) is 0 Å². The number of rotatable bonds is 38. The molecule has 0 radical (unpaired) electrons. The normalized spacial score (nSPS) is 22.2. The summed E-state index contributed by atoms with van der Waals surface area (Å²) >= 11 is 0. The second kappa shape index (κ2) is 35.3. The maximum absolute atomic E-state index is 13.5. The summed E-state index contributed by atoms with van der Waals surface area (Å²) in [7, 11) is 0. The Morgan fingerprint density at radius 1 is 0.593 bits per heavy atom. The second-order valence-corrected chi connectivity index (χ2v) is 16.2. The number of unbranched alkanes of at least 4 members (excludes halogenated alkanes) is 27. The Labute approximate surface area is 330 Å². The zero-order valence-electron chi connectivity index (χ0n) is 34.8. The number of hydrogen-bond acceptors (Lipinski definition) is 9. The van der Waals surface area contributed by atoms with Crippen LogP contribution in [0.3, 0.4) is 0 Å². The van der Waals surface area contributed by atoms with E-state index in [0.717, 1.165) is 38.5 Å². The standard InChI is InChI=1S/C45H86O9/c1-3-5-7-9-11-13-15-17-18-19-20-21-22-24-26-28-30-32-34-39(48)41(49)37(36-53-45-44(52)43(51)42(50)40(35-46)54-45)38(47)33-31-29-27-25-23-16-14-12-10-8-6-4-2/h31,33,37-40,42-48,50-52H,3-30,32,34-36H2,1-2H3/b33-31+/t37-,38+,39+,40+,42-,43-,44+,45+/m0/s1. The molecule has 1 heterocycles. The van der Waals surface area contributed by atoms with Crippen molar-refractivity contribution in [3.05, 3.63) is 12.2 Å². The van der Waals surface area contributed by atoms with E-state index in [-0.39, 0.29) is 6.61 Å². The van der Waals surface area contributed by atoms with Crippen molar-refractivity contribution in [2.75, 3.05) is 13.2 Å². The first kappa shape index (κ1) is 51.1. The molecule has 0 aromatic carbocycles. The third-order valence-electron chi connectivity index (χ3n) is 11.3. The monoisotopic (exact) mass is 771 g/mol. The highest BCUT2D eigenvalue weighted by molar-refractivity contribution is 5.86. The summed E-state index contributed by atoms with van der Waals surface area (Å²) in [4.78, 5) is 13.5. The quantitative estimate of drug-likeness (QED) is 0.0266. The Hall–Kier alpha value is -0.910. The van der Waals surface area contributed by atoms with E-state index in [1.165, 1.54) is 141 Å². The minimum atomic E-state index is -1.62. The minimum absolute atomic E-state index is 0.295. The Morgan fingerprint density at radius 2 is 1.00 bits per heavy atom. The van der Waals surface area contributed by atoms with E-state index in [1.54, 1.807) is 6.08 Å². The number of carbonyl (C=O) groups excluding carboxylic acids is 1. The van der Waals surface area contributed by atoms with Crippen LogP contribution in [-0.4, -0.2) is 92.5 Å². The Kier molecular flexibility index (Phi) is 33.4. The lowest BCUT2D eigenvalue weighted by molar-refractivity contribution is -0.303. The summed E-state index contributed by atoms with van der Waals surface area (Å²) in [5, 5.41) is 62.1. The van der Waals surface area contributed by atoms with Gasteiger partial charge in [-0.15, -0.1) is 0 Å². The molecule has 0 aromatic heterocycles. The molecule has 9 nitrogen and oxygen atoms in total. The fourth-order valence-corrected chi connectivity index (χ4v) is 7.50. The predicted molar refractivity (Wildman–Crippen MR) is 219 cm³/mol. The van der Waals surface area contributed by atoms with Crippen LogP contribution in [0.15, 0.2) is 12.2 Å². The van der Waals surface area contributed by atoms with E-state index in [9.17, 15) is 35.4 Å². The van der Waals surface area contributed by atoms with Gasteiger partial charge in [0, 0.05) is 0 Å². The Morgan fingerprint density at radius 3 is 1.43 bits per heavy atom. The molecule has 320 valence electrons. The predicted octanol–water partition coefficient (Wildman–Crippen LogP) is 9.01. The molecule has 0 aromatic rings. The summed E-state index contributed by atoms with van der Waals surface area (Å²) in [6.07, 6.45) is 29.8. The van der Waals surface area contributed by atoms with Crippen molar-refractivity contribution < 1.29 is 44.9 Å². The summed E-state index contributed by atoms with van der Waals surface area (Å²) < 4.78 is 11.1. The van der Waals surface area contributed by atoms with Crippen LogP contribution >= 0.6 is 0 Å². The molecule has 9 heteroatoms. The van der Waals surface area contributed by atoms with Crippen LogP contribution in [0.4, 0.5) is 0 Å². The van der Waals surface area contributed by atoms with Crippen molar-refractivity contribution in [1.29, 1.82) is 0 Å². The van der Waals surface area contributed by atoms with Gasteiger partial charge in [-0.2, -0.15) is 0 Å². The maximum Gasteiger partial charge on any atom is 0.186 e. The number of allylic oxidation sites excluding steroid dienone is 1. The molecule has 1 saturated heterocycles. The highest BCUT2D eigenvalue weighted by Crippen LogP contribution is 2.24. The van der Waals surface area contributed by atoms with Crippen LogP contribution in [-0.2, 0) is 14.3 Å². The molecule has 1 aliphatic rings.